The minimum Gasteiger partial charge on any atom is -0.321 e. The lowest BCUT2D eigenvalue weighted by molar-refractivity contribution is 0.261. The summed E-state index contributed by atoms with van der Waals surface area (Å²) < 4.78 is 15.5. The maximum atomic E-state index is 10.8. The van der Waals surface area contributed by atoms with Crippen molar-refractivity contribution in [2.45, 2.75) is 32.6 Å². The van der Waals surface area contributed by atoms with Crippen molar-refractivity contribution in [2.24, 2.45) is 0 Å². The summed E-state index contributed by atoms with van der Waals surface area (Å²) in [5.41, 5.74) is 0. The molecule has 0 rings (SSSR count). The summed E-state index contributed by atoms with van der Waals surface area (Å²) in [5.74, 6) is 0.965. The molecule has 1 atom stereocenters. The Bertz CT molecular complexity index is 168. The monoisotopic (exact) mass is 192 g/mol. The first-order chi connectivity index (χ1) is 5.62. The molecule has 0 aliphatic heterocycles. The smallest absolute Gasteiger partial charge is 0.321 e. The molecule has 0 heterocycles. The highest BCUT2D eigenvalue weighted by molar-refractivity contribution is 7.56. The Kier molecular flexibility index (Phi) is 6.35. The molecule has 4 heteroatoms. The van der Waals surface area contributed by atoms with Crippen LogP contribution in [0.3, 0.4) is 0 Å². The molecular formula is C8H17O3P. The molecule has 0 saturated carbocycles. The van der Waals surface area contributed by atoms with E-state index < -0.39 is 7.60 Å². The Morgan fingerprint density at radius 2 is 2.17 bits per heavy atom. The fourth-order valence-electron chi connectivity index (χ4n) is 0.777. The van der Waals surface area contributed by atoms with Crippen LogP contribution >= 0.6 is 7.60 Å². The van der Waals surface area contributed by atoms with Gasteiger partial charge in [-0.1, -0.05) is 32.8 Å². The van der Waals surface area contributed by atoms with E-state index in [4.69, 9.17) is 9.42 Å². The van der Waals surface area contributed by atoms with E-state index in [9.17, 15) is 4.57 Å². The van der Waals surface area contributed by atoms with E-state index in [-0.39, 0.29) is 0 Å². The second-order valence-corrected chi connectivity index (χ2v) is 4.39. The first-order valence-electron chi connectivity index (χ1n) is 4.23. The Balaban J connectivity index is 3.31. The summed E-state index contributed by atoms with van der Waals surface area (Å²) in [6, 6.07) is 0. The van der Waals surface area contributed by atoms with Gasteiger partial charge in [-0.25, -0.2) is 0 Å². The van der Waals surface area contributed by atoms with E-state index in [1.54, 1.807) is 0 Å². The Labute approximate surface area is 74.0 Å². The lowest BCUT2D eigenvalue weighted by atomic mass is 10.2. The normalized spacial score (nSPS) is 15.5. The topological polar surface area (TPSA) is 46.5 Å². The van der Waals surface area contributed by atoms with Crippen molar-refractivity contribution < 1.29 is 14.0 Å². The van der Waals surface area contributed by atoms with Gasteiger partial charge in [-0.2, -0.15) is 0 Å². The van der Waals surface area contributed by atoms with Crippen LogP contribution in [-0.4, -0.2) is 11.5 Å². The van der Waals surface area contributed by atoms with E-state index in [2.05, 4.69) is 13.5 Å². The Morgan fingerprint density at radius 1 is 1.50 bits per heavy atom. The molecule has 1 unspecified atom stereocenters. The molecule has 72 valence electrons. The first-order valence-corrected chi connectivity index (χ1v) is 5.87. The predicted molar refractivity (Wildman–Crippen MR) is 50.1 cm³/mol. The average Bonchev–Trinajstić information content (AvgIpc) is 2.04. The van der Waals surface area contributed by atoms with Crippen LogP contribution in [0.1, 0.15) is 32.6 Å². The van der Waals surface area contributed by atoms with Crippen molar-refractivity contribution in [1.82, 2.24) is 0 Å². The van der Waals surface area contributed by atoms with Crippen molar-refractivity contribution in [1.29, 1.82) is 0 Å². The van der Waals surface area contributed by atoms with Crippen molar-refractivity contribution in [3.05, 3.63) is 12.4 Å². The van der Waals surface area contributed by atoms with Crippen LogP contribution in [0.4, 0.5) is 0 Å². The van der Waals surface area contributed by atoms with Gasteiger partial charge in [-0.15, -0.1) is 0 Å². The van der Waals surface area contributed by atoms with Crippen molar-refractivity contribution in [3.63, 3.8) is 0 Å². The lowest BCUT2D eigenvalue weighted by Crippen LogP contribution is -1.90. The second kappa shape index (κ2) is 6.41. The minimum absolute atomic E-state index is 0.347. The van der Waals surface area contributed by atoms with Crippen LogP contribution < -0.4 is 0 Å². The molecule has 3 nitrogen and oxygen atoms in total. The van der Waals surface area contributed by atoms with Gasteiger partial charge in [-0.05, 0) is 6.42 Å². The number of hydrogen-bond donors (Lipinski definition) is 1. The van der Waals surface area contributed by atoms with E-state index >= 15 is 0 Å². The molecule has 0 amide bonds. The van der Waals surface area contributed by atoms with Gasteiger partial charge in [-0.3, -0.25) is 4.57 Å². The molecule has 0 aliphatic carbocycles. The molecule has 0 aromatic heterocycles. The maximum Gasteiger partial charge on any atom is 0.351 e. The summed E-state index contributed by atoms with van der Waals surface area (Å²) in [6.45, 7) is 5.67. The summed E-state index contributed by atoms with van der Waals surface area (Å²) in [6.07, 6.45) is 4.19. The van der Waals surface area contributed by atoms with E-state index in [0.29, 0.717) is 6.61 Å². The average molecular weight is 192 g/mol. The van der Waals surface area contributed by atoms with Gasteiger partial charge in [0, 0.05) is 5.82 Å². The SMILES string of the molecule is C=CP(=O)(O)OCCCCCC. The van der Waals surface area contributed by atoms with Gasteiger partial charge in [0.05, 0.1) is 6.61 Å². The zero-order valence-corrected chi connectivity index (χ0v) is 8.43. The third-order valence-electron chi connectivity index (χ3n) is 1.50. The van der Waals surface area contributed by atoms with Gasteiger partial charge in [0.2, 0.25) is 0 Å². The molecule has 0 fully saturated rings. The lowest BCUT2D eigenvalue weighted by Gasteiger charge is -2.06. The fraction of sp³-hybridized carbons (Fsp3) is 0.750. The summed E-state index contributed by atoms with van der Waals surface area (Å²) in [7, 11) is -3.46. The molecule has 0 spiro atoms. The van der Waals surface area contributed by atoms with Crippen LogP contribution in [-0.2, 0) is 9.09 Å². The van der Waals surface area contributed by atoms with E-state index in [1.807, 2.05) is 0 Å². The van der Waals surface area contributed by atoms with Crippen molar-refractivity contribution in [3.8, 4) is 0 Å². The molecule has 0 bridgehead atoms. The van der Waals surface area contributed by atoms with Gasteiger partial charge in [0.25, 0.3) is 0 Å². The largest absolute Gasteiger partial charge is 0.351 e. The highest BCUT2D eigenvalue weighted by Gasteiger charge is 2.11. The molecule has 12 heavy (non-hydrogen) atoms. The van der Waals surface area contributed by atoms with Crippen molar-refractivity contribution in [2.75, 3.05) is 6.61 Å². The third kappa shape index (κ3) is 6.59. The van der Waals surface area contributed by atoms with Crippen LogP contribution in [0, 0.1) is 0 Å². The van der Waals surface area contributed by atoms with Gasteiger partial charge in [0.15, 0.2) is 0 Å². The minimum atomic E-state index is -3.46. The van der Waals surface area contributed by atoms with E-state index in [1.165, 1.54) is 0 Å². The molecule has 0 saturated heterocycles. The standard InChI is InChI=1S/C8H17O3P/c1-3-5-6-7-8-11-12(9,10)4-2/h4H,2-3,5-8H2,1H3,(H,9,10). The van der Waals surface area contributed by atoms with Crippen molar-refractivity contribution >= 4 is 7.60 Å². The maximum absolute atomic E-state index is 10.8. The van der Waals surface area contributed by atoms with Crippen LogP contribution in [0.25, 0.3) is 0 Å². The summed E-state index contributed by atoms with van der Waals surface area (Å²) >= 11 is 0. The third-order valence-corrected chi connectivity index (χ3v) is 2.52. The highest BCUT2D eigenvalue weighted by atomic mass is 31.2. The molecule has 0 aromatic carbocycles. The quantitative estimate of drug-likeness (QED) is 0.498. The molecule has 0 aliphatic rings. The number of unbranched alkanes of at least 4 members (excludes halogenated alkanes) is 3. The van der Waals surface area contributed by atoms with Gasteiger partial charge in [0.1, 0.15) is 0 Å². The van der Waals surface area contributed by atoms with Gasteiger partial charge < -0.3 is 9.42 Å². The molecule has 0 aromatic rings. The summed E-state index contributed by atoms with van der Waals surface area (Å²) in [5, 5.41) is 0. The van der Waals surface area contributed by atoms with Crippen LogP contribution in [0.5, 0.6) is 0 Å². The van der Waals surface area contributed by atoms with Crippen LogP contribution in [0.2, 0.25) is 0 Å². The zero-order chi connectivity index (χ0) is 9.45. The zero-order valence-electron chi connectivity index (χ0n) is 7.53. The summed E-state index contributed by atoms with van der Waals surface area (Å²) in [4.78, 5) is 8.90. The second-order valence-electron chi connectivity index (χ2n) is 2.64. The highest BCUT2D eigenvalue weighted by Crippen LogP contribution is 2.42. The van der Waals surface area contributed by atoms with E-state index in [0.717, 1.165) is 31.5 Å². The predicted octanol–water partition coefficient (Wildman–Crippen LogP) is 2.91. The number of hydrogen-bond acceptors (Lipinski definition) is 2. The molecule has 0 radical (unpaired) electrons. The Hall–Kier alpha value is -0.110. The molecule has 1 N–H and O–H groups in total. The van der Waals surface area contributed by atoms with Crippen LogP contribution in [0.15, 0.2) is 12.4 Å². The Morgan fingerprint density at radius 3 is 2.67 bits per heavy atom. The first kappa shape index (κ1) is 11.9. The fourth-order valence-corrected chi connectivity index (χ4v) is 1.27. The van der Waals surface area contributed by atoms with Gasteiger partial charge >= 0.3 is 7.60 Å². The number of rotatable bonds is 7. The molecular weight excluding hydrogens is 175 g/mol.